The predicted octanol–water partition coefficient (Wildman–Crippen LogP) is -2.66. The molecule has 0 aliphatic carbocycles. The van der Waals surface area contributed by atoms with Gasteiger partial charge in [0.25, 0.3) is 5.91 Å². The zero-order chi connectivity index (χ0) is 18.4. The molecule has 0 aromatic carbocycles. The maximum Gasteiger partial charge on any atom is 0.285 e. The summed E-state index contributed by atoms with van der Waals surface area (Å²) < 4.78 is 5.34. The van der Waals surface area contributed by atoms with Gasteiger partial charge in [0.05, 0.1) is 13.7 Å². The van der Waals surface area contributed by atoms with E-state index in [1.54, 1.807) is 0 Å². The van der Waals surface area contributed by atoms with Crippen molar-refractivity contribution in [3.05, 3.63) is 6.33 Å². The first-order valence-corrected chi connectivity index (χ1v) is 7.36. The summed E-state index contributed by atoms with van der Waals surface area (Å²) in [6.45, 7) is 0.289. The highest BCUT2D eigenvalue weighted by molar-refractivity contribution is 5.93. The highest BCUT2D eigenvalue weighted by atomic mass is 16.7. The van der Waals surface area contributed by atoms with Gasteiger partial charge in [-0.25, -0.2) is 15.4 Å². The molecule has 12 heteroatoms. The maximum absolute atomic E-state index is 11.4. The van der Waals surface area contributed by atoms with Crippen molar-refractivity contribution >= 4 is 23.7 Å². The molecule has 0 radical (unpaired) electrons. The highest BCUT2D eigenvalue weighted by Crippen LogP contribution is 2.48. The van der Waals surface area contributed by atoms with Crippen LogP contribution in [0.3, 0.4) is 0 Å². The number of ether oxygens (including phenoxy) is 1. The molecule has 25 heavy (non-hydrogen) atoms. The number of aliphatic hydroxyl groups excluding tert-OH is 2. The summed E-state index contributed by atoms with van der Waals surface area (Å²) in [6.07, 6.45) is -1.16. The van der Waals surface area contributed by atoms with E-state index in [-0.39, 0.29) is 24.0 Å². The lowest BCUT2D eigenvalue weighted by atomic mass is 9.94. The summed E-state index contributed by atoms with van der Waals surface area (Å²) in [5.74, 6) is -2.23. The quantitative estimate of drug-likeness (QED) is 0.276. The molecule has 1 amide bonds. The maximum atomic E-state index is 11.4. The number of hydrogen-bond acceptors (Lipinski definition) is 11. The Labute approximate surface area is 142 Å². The van der Waals surface area contributed by atoms with E-state index in [9.17, 15) is 25.2 Å². The minimum atomic E-state index is -2.45. The average Bonchev–Trinajstić information content (AvgIpc) is 3.06. The van der Waals surface area contributed by atoms with Crippen molar-refractivity contribution < 1.29 is 34.8 Å². The molecule has 0 unspecified atom stereocenters. The second-order valence-electron chi connectivity index (χ2n) is 5.88. The Balaban J connectivity index is 2.09. The summed E-state index contributed by atoms with van der Waals surface area (Å²) in [5, 5.41) is 41.1. The van der Waals surface area contributed by atoms with Gasteiger partial charge in [-0.2, -0.15) is 0 Å². The molecule has 12 nitrogen and oxygen atoms in total. The van der Waals surface area contributed by atoms with Gasteiger partial charge in [0, 0.05) is 0 Å². The first kappa shape index (κ1) is 17.7. The number of aliphatic hydroxyl groups is 4. The van der Waals surface area contributed by atoms with E-state index in [2.05, 4.69) is 15.4 Å². The number of amides is 1. The van der Waals surface area contributed by atoms with Crippen molar-refractivity contribution in [1.82, 2.24) is 9.97 Å². The van der Waals surface area contributed by atoms with Crippen LogP contribution in [0.4, 0.5) is 17.3 Å². The third kappa shape index (κ3) is 2.34. The second kappa shape index (κ2) is 6.01. The number of aromatic nitrogens is 2. The summed E-state index contributed by atoms with van der Waals surface area (Å²) in [6, 6.07) is 0. The van der Waals surface area contributed by atoms with Gasteiger partial charge in [-0.1, -0.05) is 0 Å². The summed E-state index contributed by atoms with van der Waals surface area (Å²) in [5.41, 5.74) is 0.497. The van der Waals surface area contributed by atoms with Gasteiger partial charge in [0.15, 0.2) is 17.2 Å². The molecule has 2 aliphatic rings. The van der Waals surface area contributed by atoms with Crippen LogP contribution in [0, 0.1) is 0 Å². The average molecular weight is 357 g/mol. The molecule has 1 aromatic heterocycles. The largest absolute Gasteiger partial charge is 0.394 e. The summed E-state index contributed by atoms with van der Waals surface area (Å²) in [7, 11) is 1.35. The molecule has 0 spiro atoms. The molecular weight excluding hydrogens is 338 g/mol. The first-order valence-electron chi connectivity index (χ1n) is 7.36. The third-order valence-corrected chi connectivity index (χ3v) is 4.41. The molecule has 3 rings (SSSR count). The number of carbonyl (C=O) groups is 1. The van der Waals surface area contributed by atoms with Gasteiger partial charge >= 0.3 is 0 Å². The fourth-order valence-electron chi connectivity index (χ4n) is 3.04. The highest BCUT2D eigenvalue weighted by Gasteiger charge is 2.66. The lowest BCUT2D eigenvalue weighted by Crippen LogP contribution is -2.64. The number of carbonyl (C=O) groups excluding carboxylic acids is 1. The number of nitrogens with one attached hydrogen (secondary N) is 1. The molecule has 138 valence electrons. The van der Waals surface area contributed by atoms with E-state index in [0.29, 0.717) is 6.41 Å². The lowest BCUT2D eigenvalue weighted by molar-refractivity contribution is -0.262. The Bertz CT molecular complexity index is 674. The molecule has 0 bridgehead atoms. The van der Waals surface area contributed by atoms with Crippen LogP contribution in [0.1, 0.15) is 6.92 Å². The van der Waals surface area contributed by atoms with Gasteiger partial charge in [-0.05, 0) is 6.92 Å². The van der Waals surface area contributed by atoms with E-state index in [1.165, 1.54) is 7.11 Å². The van der Waals surface area contributed by atoms with Gasteiger partial charge in [-0.15, -0.1) is 0 Å². The molecule has 1 saturated heterocycles. The predicted molar refractivity (Wildman–Crippen MR) is 82.1 cm³/mol. The van der Waals surface area contributed by atoms with Crippen molar-refractivity contribution in [1.29, 1.82) is 0 Å². The SMILES string of the molecule is CONc1ncnc2c1N(C=O)CN2[C@]1(O)O[C@H](CO)[C@@H](O)[C@@]1(C)O. The van der Waals surface area contributed by atoms with Crippen molar-refractivity contribution in [2.45, 2.75) is 30.6 Å². The Morgan fingerprint density at radius 2 is 2.24 bits per heavy atom. The molecule has 3 heterocycles. The topological polar surface area (TPSA) is 161 Å². The Morgan fingerprint density at radius 3 is 2.80 bits per heavy atom. The molecule has 4 atom stereocenters. The van der Waals surface area contributed by atoms with E-state index in [0.717, 1.165) is 23.1 Å². The van der Waals surface area contributed by atoms with E-state index >= 15 is 0 Å². The van der Waals surface area contributed by atoms with E-state index in [1.807, 2.05) is 0 Å². The van der Waals surface area contributed by atoms with Crippen molar-refractivity contribution in [2.75, 3.05) is 35.7 Å². The summed E-state index contributed by atoms with van der Waals surface area (Å²) >= 11 is 0. The van der Waals surface area contributed by atoms with Crippen LogP contribution in [-0.4, -0.2) is 80.9 Å². The number of anilines is 3. The zero-order valence-electron chi connectivity index (χ0n) is 13.5. The Kier molecular flexibility index (Phi) is 4.26. The van der Waals surface area contributed by atoms with Crippen molar-refractivity contribution in [3.63, 3.8) is 0 Å². The Hall–Kier alpha value is -2.09. The van der Waals surface area contributed by atoms with E-state index in [4.69, 9.17) is 9.57 Å². The second-order valence-corrected chi connectivity index (χ2v) is 5.88. The van der Waals surface area contributed by atoms with Crippen LogP contribution in [0.5, 0.6) is 0 Å². The number of fused-ring (bicyclic) bond motifs is 1. The smallest absolute Gasteiger partial charge is 0.285 e. The van der Waals surface area contributed by atoms with E-state index < -0.39 is 30.3 Å². The fraction of sp³-hybridized carbons (Fsp3) is 0.615. The Morgan fingerprint density at radius 1 is 1.52 bits per heavy atom. The van der Waals surface area contributed by atoms with Crippen molar-refractivity contribution in [2.24, 2.45) is 0 Å². The molecule has 2 aliphatic heterocycles. The lowest BCUT2D eigenvalue weighted by Gasteiger charge is -2.41. The normalized spacial score (nSPS) is 34.3. The van der Waals surface area contributed by atoms with Crippen LogP contribution < -0.4 is 15.3 Å². The standard InChI is InChI=1S/C13H19N5O7/c1-12(22)9(21)7(3-19)25-13(12,23)18-5-17(6-20)8-10(16-24-2)14-4-15-11(8)18/h4,6-7,9,19,21-23H,3,5H2,1-2H3,(H,14,15,16)/t7-,9-,12-,13-/m1/s1. The van der Waals surface area contributed by atoms with Crippen LogP contribution in [0.2, 0.25) is 0 Å². The van der Waals surface area contributed by atoms with Gasteiger partial charge in [0.2, 0.25) is 6.41 Å². The minimum absolute atomic E-state index is 0.0650. The summed E-state index contributed by atoms with van der Waals surface area (Å²) in [4.78, 5) is 26.5. The monoisotopic (exact) mass is 357 g/mol. The van der Waals surface area contributed by atoms with Crippen LogP contribution in [0.25, 0.3) is 0 Å². The molecule has 1 fully saturated rings. The van der Waals surface area contributed by atoms with Crippen LogP contribution in [-0.2, 0) is 14.4 Å². The number of hydrogen-bond donors (Lipinski definition) is 5. The zero-order valence-corrected chi connectivity index (χ0v) is 13.5. The molecule has 0 saturated carbocycles. The molecular formula is C13H19N5O7. The first-order chi connectivity index (χ1) is 11.8. The number of rotatable bonds is 5. The fourth-order valence-corrected chi connectivity index (χ4v) is 3.04. The minimum Gasteiger partial charge on any atom is -0.394 e. The van der Waals surface area contributed by atoms with Crippen LogP contribution >= 0.6 is 0 Å². The van der Waals surface area contributed by atoms with Crippen LogP contribution in [0.15, 0.2) is 6.33 Å². The van der Waals surface area contributed by atoms with Gasteiger partial charge < -0.3 is 25.2 Å². The van der Waals surface area contributed by atoms with Crippen molar-refractivity contribution in [3.8, 4) is 0 Å². The third-order valence-electron chi connectivity index (χ3n) is 4.41. The molecule has 5 N–H and O–H groups in total. The van der Waals surface area contributed by atoms with Gasteiger partial charge in [0.1, 0.15) is 30.9 Å². The van der Waals surface area contributed by atoms with Gasteiger partial charge in [-0.3, -0.25) is 19.4 Å². The molecule has 1 aromatic rings. The number of nitrogens with zero attached hydrogens (tertiary/aromatic N) is 4.